The van der Waals surface area contributed by atoms with Gasteiger partial charge in [0.05, 0.1) is 11.7 Å². The quantitative estimate of drug-likeness (QED) is 0.818. The Balaban J connectivity index is 2.93. The SMILES string of the molecule is COC(C)(C)CC(O)c1c(C)ccnc1N. The summed E-state index contributed by atoms with van der Waals surface area (Å²) in [6, 6.07) is 1.84. The Morgan fingerprint density at radius 3 is 2.69 bits per heavy atom. The van der Waals surface area contributed by atoms with Crippen molar-refractivity contribution >= 4 is 5.82 Å². The van der Waals surface area contributed by atoms with Crippen LogP contribution in [0.2, 0.25) is 0 Å². The minimum Gasteiger partial charge on any atom is -0.388 e. The molecule has 4 heteroatoms. The van der Waals surface area contributed by atoms with Crippen LogP contribution in [0.5, 0.6) is 0 Å². The summed E-state index contributed by atoms with van der Waals surface area (Å²) in [7, 11) is 1.63. The van der Waals surface area contributed by atoms with Crippen LogP contribution in [0.3, 0.4) is 0 Å². The second-order valence-electron chi connectivity index (χ2n) is 4.61. The predicted octanol–water partition coefficient (Wildman–Crippen LogP) is 1.82. The lowest BCUT2D eigenvalue weighted by atomic mass is 9.94. The van der Waals surface area contributed by atoms with E-state index in [4.69, 9.17) is 10.5 Å². The molecule has 0 aromatic carbocycles. The number of methoxy groups -OCH3 is 1. The number of aryl methyl sites for hydroxylation is 1. The number of rotatable bonds is 4. The van der Waals surface area contributed by atoms with E-state index in [0.29, 0.717) is 17.8 Å². The van der Waals surface area contributed by atoms with Gasteiger partial charge in [0.1, 0.15) is 5.82 Å². The van der Waals surface area contributed by atoms with Crippen LogP contribution in [-0.4, -0.2) is 22.8 Å². The molecule has 0 aliphatic heterocycles. The number of hydrogen-bond donors (Lipinski definition) is 2. The van der Waals surface area contributed by atoms with Gasteiger partial charge < -0.3 is 15.6 Å². The lowest BCUT2D eigenvalue weighted by Crippen LogP contribution is -2.26. The Labute approximate surface area is 96.5 Å². The minimum atomic E-state index is -0.649. The van der Waals surface area contributed by atoms with Gasteiger partial charge in [0.25, 0.3) is 0 Å². The molecule has 1 aromatic rings. The van der Waals surface area contributed by atoms with Gasteiger partial charge in [0, 0.05) is 25.3 Å². The molecule has 0 saturated heterocycles. The highest BCUT2D eigenvalue weighted by atomic mass is 16.5. The van der Waals surface area contributed by atoms with E-state index in [-0.39, 0.29) is 5.60 Å². The van der Waals surface area contributed by atoms with E-state index in [1.807, 2.05) is 26.8 Å². The summed E-state index contributed by atoms with van der Waals surface area (Å²) >= 11 is 0. The molecule has 0 aliphatic rings. The molecule has 1 aromatic heterocycles. The maximum absolute atomic E-state index is 10.1. The molecule has 3 N–H and O–H groups in total. The second kappa shape index (κ2) is 4.80. The average molecular weight is 224 g/mol. The van der Waals surface area contributed by atoms with Crippen molar-refractivity contribution in [2.45, 2.75) is 38.9 Å². The van der Waals surface area contributed by atoms with Crippen molar-refractivity contribution in [2.75, 3.05) is 12.8 Å². The van der Waals surface area contributed by atoms with Gasteiger partial charge in [-0.3, -0.25) is 0 Å². The van der Waals surface area contributed by atoms with Gasteiger partial charge in [0.15, 0.2) is 0 Å². The molecule has 1 atom stereocenters. The molecule has 0 fully saturated rings. The highest BCUT2D eigenvalue weighted by molar-refractivity contribution is 5.45. The molecular weight excluding hydrogens is 204 g/mol. The fourth-order valence-electron chi connectivity index (χ4n) is 1.68. The van der Waals surface area contributed by atoms with Gasteiger partial charge in [0.2, 0.25) is 0 Å². The smallest absolute Gasteiger partial charge is 0.129 e. The van der Waals surface area contributed by atoms with Crippen LogP contribution in [0, 0.1) is 6.92 Å². The number of aromatic nitrogens is 1. The maximum atomic E-state index is 10.1. The molecule has 4 nitrogen and oxygen atoms in total. The summed E-state index contributed by atoms with van der Waals surface area (Å²) in [5.41, 5.74) is 7.04. The molecule has 1 heterocycles. The van der Waals surface area contributed by atoms with Crippen LogP contribution < -0.4 is 5.73 Å². The number of pyridine rings is 1. The first-order valence-electron chi connectivity index (χ1n) is 5.31. The number of nitrogens with zero attached hydrogens (tertiary/aromatic N) is 1. The number of nitrogens with two attached hydrogens (primary N) is 1. The van der Waals surface area contributed by atoms with Crippen molar-refractivity contribution in [1.82, 2.24) is 4.98 Å². The van der Waals surface area contributed by atoms with E-state index >= 15 is 0 Å². The first-order valence-corrected chi connectivity index (χ1v) is 5.31. The second-order valence-corrected chi connectivity index (χ2v) is 4.61. The number of ether oxygens (including phenoxy) is 1. The number of nitrogen functional groups attached to an aromatic ring is 1. The van der Waals surface area contributed by atoms with E-state index in [1.54, 1.807) is 13.3 Å². The van der Waals surface area contributed by atoms with Crippen LogP contribution >= 0.6 is 0 Å². The predicted molar refractivity (Wildman–Crippen MR) is 64.1 cm³/mol. The van der Waals surface area contributed by atoms with E-state index in [2.05, 4.69) is 4.98 Å². The van der Waals surface area contributed by atoms with Crippen LogP contribution in [0.1, 0.15) is 37.5 Å². The fraction of sp³-hybridized carbons (Fsp3) is 0.583. The maximum Gasteiger partial charge on any atom is 0.129 e. The summed E-state index contributed by atoms with van der Waals surface area (Å²) in [6.07, 6.45) is 1.48. The zero-order chi connectivity index (χ0) is 12.3. The summed E-state index contributed by atoms with van der Waals surface area (Å²) in [5, 5.41) is 10.1. The number of aliphatic hydroxyl groups excluding tert-OH is 1. The third-order valence-corrected chi connectivity index (χ3v) is 2.81. The van der Waals surface area contributed by atoms with E-state index in [9.17, 15) is 5.11 Å². The molecule has 0 saturated carbocycles. The topological polar surface area (TPSA) is 68.4 Å². The van der Waals surface area contributed by atoms with Crippen LogP contribution in [0.25, 0.3) is 0 Å². The van der Waals surface area contributed by atoms with Crippen molar-refractivity contribution < 1.29 is 9.84 Å². The van der Waals surface area contributed by atoms with Crippen molar-refractivity contribution in [1.29, 1.82) is 0 Å². The Hall–Kier alpha value is -1.13. The highest BCUT2D eigenvalue weighted by Gasteiger charge is 2.24. The Kier molecular flexibility index (Phi) is 3.88. The Bertz CT molecular complexity index is 344. The van der Waals surface area contributed by atoms with E-state index < -0.39 is 6.10 Å². The lowest BCUT2D eigenvalue weighted by Gasteiger charge is -2.27. The largest absolute Gasteiger partial charge is 0.388 e. The molecule has 90 valence electrons. The summed E-state index contributed by atoms with van der Waals surface area (Å²) in [5.74, 6) is 0.388. The van der Waals surface area contributed by atoms with Gasteiger partial charge in [-0.1, -0.05) is 0 Å². The van der Waals surface area contributed by atoms with Crippen molar-refractivity contribution in [3.63, 3.8) is 0 Å². The lowest BCUT2D eigenvalue weighted by molar-refractivity contribution is -0.0200. The van der Waals surface area contributed by atoms with Crippen LogP contribution in [-0.2, 0) is 4.74 Å². The summed E-state index contributed by atoms with van der Waals surface area (Å²) < 4.78 is 5.29. The Morgan fingerprint density at radius 2 is 2.19 bits per heavy atom. The summed E-state index contributed by atoms with van der Waals surface area (Å²) in [4.78, 5) is 3.99. The molecule has 16 heavy (non-hydrogen) atoms. The first kappa shape index (κ1) is 12.9. The van der Waals surface area contributed by atoms with Crippen LogP contribution in [0.15, 0.2) is 12.3 Å². The molecule has 0 bridgehead atoms. The van der Waals surface area contributed by atoms with Gasteiger partial charge in [-0.15, -0.1) is 0 Å². The fourth-order valence-corrected chi connectivity index (χ4v) is 1.68. The normalized spacial score (nSPS) is 13.8. The van der Waals surface area contributed by atoms with Crippen molar-refractivity contribution in [3.8, 4) is 0 Å². The standard InChI is InChI=1S/C12H20N2O2/c1-8-5-6-14-11(13)10(8)9(15)7-12(2,3)16-4/h5-6,9,15H,7H2,1-4H3,(H2,13,14). The van der Waals surface area contributed by atoms with Crippen molar-refractivity contribution in [2.24, 2.45) is 0 Å². The Morgan fingerprint density at radius 1 is 1.56 bits per heavy atom. The van der Waals surface area contributed by atoms with Gasteiger partial charge in [-0.05, 0) is 32.4 Å². The monoisotopic (exact) mass is 224 g/mol. The van der Waals surface area contributed by atoms with Gasteiger partial charge in [-0.25, -0.2) is 4.98 Å². The van der Waals surface area contributed by atoms with Crippen molar-refractivity contribution in [3.05, 3.63) is 23.4 Å². The molecule has 0 aliphatic carbocycles. The third-order valence-electron chi connectivity index (χ3n) is 2.81. The number of hydrogen-bond acceptors (Lipinski definition) is 4. The average Bonchev–Trinajstić information content (AvgIpc) is 2.16. The molecular formula is C12H20N2O2. The zero-order valence-corrected chi connectivity index (χ0v) is 10.3. The first-order chi connectivity index (χ1) is 7.37. The highest BCUT2D eigenvalue weighted by Crippen LogP contribution is 2.30. The summed E-state index contributed by atoms with van der Waals surface area (Å²) in [6.45, 7) is 5.77. The molecule has 0 radical (unpaired) electrons. The minimum absolute atomic E-state index is 0.381. The number of anilines is 1. The zero-order valence-electron chi connectivity index (χ0n) is 10.3. The van der Waals surface area contributed by atoms with E-state index in [1.165, 1.54) is 0 Å². The third kappa shape index (κ3) is 2.93. The molecule has 0 amide bonds. The molecule has 1 rings (SSSR count). The van der Waals surface area contributed by atoms with Gasteiger partial charge in [-0.2, -0.15) is 0 Å². The molecule has 0 spiro atoms. The van der Waals surface area contributed by atoms with E-state index in [0.717, 1.165) is 5.56 Å². The van der Waals surface area contributed by atoms with Gasteiger partial charge >= 0.3 is 0 Å². The van der Waals surface area contributed by atoms with Crippen LogP contribution in [0.4, 0.5) is 5.82 Å². The molecule has 1 unspecified atom stereocenters. The number of aliphatic hydroxyl groups is 1.